The Bertz CT molecular complexity index is 851. The number of aromatic nitrogens is 3. The van der Waals surface area contributed by atoms with E-state index in [0.29, 0.717) is 23.7 Å². The SMILES string of the molecule is CC(Sc1nnc(C2CC2)n1CCC(N)=O)C(=O)c1ccc(F)cc1F. The van der Waals surface area contributed by atoms with Crippen molar-refractivity contribution in [2.75, 3.05) is 0 Å². The fourth-order valence-corrected chi connectivity index (χ4v) is 3.53. The number of nitrogens with zero attached hydrogens (tertiary/aromatic N) is 3. The highest BCUT2D eigenvalue weighted by Gasteiger charge is 2.31. The lowest BCUT2D eigenvalue weighted by atomic mass is 10.1. The van der Waals surface area contributed by atoms with Crippen LogP contribution in [0.3, 0.4) is 0 Å². The van der Waals surface area contributed by atoms with E-state index in [4.69, 9.17) is 5.73 Å². The van der Waals surface area contributed by atoms with Crippen LogP contribution in [-0.2, 0) is 11.3 Å². The zero-order valence-electron chi connectivity index (χ0n) is 14.1. The van der Waals surface area contributed by atoms with Crippen LogP contribution in [0.25, 0.3) is 0 Å². The second-order valence-corrected chi connectivity index (χ2v) is 7.54. The van der Waals surface area contributed by atoms with Crippen molar-refractivity contribution in [2.45, 2.75) is 49.1 Å². The predicted octanol–water partition coefficient (Wildman–Crippen LogP) is 2.67. The lowest BCUT2D eigenvalue weighted by molar-refractivity contribution is -0.118. The molecule has 9 heteroatoms. The molecule has 0 bridgehead atoms. The number of carbonyl (C=O) groups is 2. The Balaban J connectivity index is 1.79. The van der Waals surface area contributed by atoms with Crippen LogP contribution in [-0.4, -0.2) is 31.7 Å². The van der Waals surface area contributed by atoms with E-state index in [2.05, 4.69) is 10.2 Å². The molecule has 2 N–H and O–H groups in total. The summed E-state index contributed by atoms with van der Waals surface area (Å²) in [6, 6.07) is 2.87. The zero-order chi connectivity index (χ0) is 18.8. The maximum Gasteiger partial charge on any atom is 0.219 e. The van der Waals surface area contributed by atoms with E-state index in [1.807, 2.05) is 0 Å². The minimum Gasteiger partial charge on any atom is -0.370 e. The molecule has 0 aliphatic heterocycles. The van der Waals surface area contributed by atoms with E-state index in [1.54, 1.807) is 11.5 Å². The number of rotatable bonds is 8. The number of hydrogen-bond acceptors (Lipinski definition) is 5. The molecule has 2 aromatic rings. The summed E-state index contributed by atoms with van der Waals surface area (Å²) in [5, 5.41) is 8.13. The topological polar surface area (TPSA) is 90.9 Å². The molecule has 1 unspecified atom stereocenters. The second-order valence-electron chi connectivity index (χ2n) is 6.23. The van der Waals surface area contributed by atoms with Gasteiger partial charge in [0.2, 0.25) is 5.91 Å². The molecule has 1 aliphatic carbocycles. The molecule has 6 nitrogen and oxygen atoms in total. The first kappa shape index (κ1) is 18.5. The Morgan fingerprint density at radius 2 is 2.08 bits per heavy atom. The number of ketones is 1. The minimum atomic E-state index is -0.892. The van der Waals surface area contributed by atoms with Crippen LogP contribution in [0.4, 0.5) is 8.78 Å². The highest BCUT2D eigenvalue weighted by atomic mass is 32.2. The molecule has 3 rings (SSSR count). The van der Waals surface area contributed by atoms with Crippen molar-refractivity contribution in [3.63, 3.8) is 0 Å². The highest BCUT2D eigenvalue weighted by Crippen LogP contribution is 2.40. The summed E-state index contributed by atoms with van der Waals surface area (Å²) in [5.74, 6) is -1.44. The molecule has 1 heterocycles. The lowest BCUT2D eigenvalue weighted by Gasteiger charge is -2.13. The van der Waals surface area contributed by atoms with Gasteiger partial charge in [-0.2, -0.15) is 0 Å². The molecule has 26 heavy (non-hydrogen) atoms. The van der Waals surface area contributed by atoms with Gasteiger partial charge in [-0.15, -0.1) is 10.2 Å². The monoisotopic (exact) mass is 380 g/mol. The van der Waals surface area contributed by atoms with Gasteiger partial charge in [-0.05, 0) is 31.9 Å². The number of benzene rings is 1. The molecule has 1 fully saturated rings. The normalized spacial score (nSPS) is 15.0. The van der Waals surface area contributed by atoms with Gasteiger partial charge >= 0.3 is 0 Å². The smallest absolute Gasteiger partial charge is 0.219 e. The first-order chi connectivity index (χ1) is 12.4. The zero-order valence-corrected chi connectivity index (χ0v) is 14.9. The molecule has 1 saturated carbocycles. The minimum absolute atomic E-state index is 0.139. The summed E-state index contributed by atoms with van der Waals surface area (Å²) in [6.07, 6.45) is 2.16. The van der Waals surface area contributed by atoms with Crippen LogP contribution in [0.15, 0.2) is 23.4 Å². The third-order valence-electron chi connectivity index (χ3n) is 4.12. The molecule has 1 amide bonds. The van der Waals surface area contributed by atoms with Gasteiger partial charge in [0.05, 0.1) is 10.8 Å². The fraction of sp³-hybridized carbons (Fsp3) is 0.412. The second kappa shape index (κ2) is 7.53. The number of amides is 1. The lowest BCUT2D eigenvalue weighted by Crippen LogP contribution is -2.18. The third-order valence-corrected chi connectivity index (χ3v) is 5.20. The van der Waals surface area contributed by atoms with Crippen molar-refractivity contribution < 1.29 is 18.4 Å². The third kappa shape index (κ3) is 4.09. The molecule has 138 valence electrons. The number of Topliss-reactive ketones (excluding diaryl/α,β-unsaturated/α-hetero) is 1. The Labute approximate surface area is 153 Å². The fourth-order valence-electron chi connectivity index (χ4n) is 2.58. The Morgan fingerprint density at radius 1 is 1.35 bits per heavy atom. The average Bonchev–Trinajstić information content (AvgIpc) is 3.34. The summed E-state index contributed by atoms with van der Waals surface area (Å²) in [4.78, 5) is 23.6. The molecule has 0 radical (unpaired) electrons. The standard InChI is InChI=1S/C17H18F2N4O2S/c1-9(15(25)12-5-4-11(18)8-13(12)19)26-17-22-21-16(10-2-3-10)23(17)7-6-14(20)24/h4-5,8-10H,2-3,6-7H2,1H3,(H2,20,24). The quantitative estimate of drug-likeness (QED) is 0.562. The molecule has 1 aromatic heterocycles. The van der Waals surface area contributed by atoms with Crippen molar-refractivity contribution in [1.82, 2.24) is 14.8 Å². The van der Waals surface area contributed by atoms with Crippen molar-refractivity contribution >= 4 is 23.5 Å². The van der Waals surface area contributed by atoms with Gasteiger partial charge in [-0.25, -0.2) is 8.78 Å². The maximum absolute atomic E-state index is 13.9. The van der Waals surface area contributed by atoms with Crippen LogP contribution in [0.5, 0.6) is 0 Å². The van der Waals surface area contributed by atoms with E-state index in [0.717, 1.165) is 42.6 Å². The van der Waals surface area contributed by atoms with Crippen molar-refractivity contribution in [3.8, 4) is 0 Å². The number of primary amides is 1. The summed E-state index contributed by atoms with van der Waals surface area (Å²) in [5.41, 5.74) is 5.06. The predicted molar refractivity (Wildman–Crippen MR) is 91.8 cm³/mol. The summed E-state index contributed by atoms with van der Waals surface area (Å²) in [6.45, 7) is 1.96. The van der Waals surface area contributed by atoms with Crippen molar-refractivity contribution in [2.24, 2.45) is 5.73 Å². The van der Waals surface area contributed by atoms with Gasteiger partial charge in [0.25, 0.3) is 0 Å². The van der Waals surface area contributed by atoms with Crippen LogP contribution >= 0.6 is 11.8 Å². The van der Waals surface area contributed by atoms with Gasteiger partial charge in [0, 0.05) is 24.9 Å². The summed E-state index contributed by atoms with van der Waals surface area (Å²) >= 11 is 1.13. The highest BCUT2D eigenvalue weighted by molar-refractivity contribution is 8.00. The van der Waals surface area contributed by atoms with E-state index < -0.39 is 28.6 Å². The number of thioether (sulfide) groups is 1. The van der Waals surface area contributed by atoms with Gasteiger partial charge in [0.1, 0.15) is 17.5 Å². The van der Waals surface area contributed by atoms with Crippen LogP contribution in [0.2, 0.25) is 0 Å². The number of hydrogen-bond donors (Lipinski definition) is 1. The van der Waals surface area contributed by atoms with Crippen LogP contribution < -0.4 is 5.73 Å². The number of nitrogens with two attached hydrogens (primary N) is 1. The molecule has 1 aromatic carbocycles. The molecule has 0 saturated heterocycles. The summed E-state index contributed by atoms with van der Waals surface area (Å²) < 4.78 is 28.7. The van der Waals surface area contributed by atoms with E-state index >= 15 is 0 Å². The van der Waals surface area contributed by atoms with E-state index in [1.165, 1.54) is 0 Å². The Kier molecular flexibility index (Phi) is 5.36. The Morgan fingerprint density at radius 3 is 2.69 bits per heavy atom. The van der Waals surface area contributed by atoms with E-state index in [-0.39, 0.29) is 12.0 Å². The molecular formula is C17H18F2N4O2S. The molecular weight excluding hydrogens is 362 g/mol. The first-order valence-electron chi connectivity index (χ1n) is 8.24. The van der Waals surface area contributed by atoms with Crippen molar-refractivity contribution in [3.05, 3.63) is 41.2 Å². The Hall–Kier alpha value is -2.29. The van der Waals surface area contributed by atoms with Gasteiger partial charge in [0.15, 0.2) is 10.9 Å². The molecule has 0 spiro atoms. The van der Waals surface area contributed by atoms with Gasteiger partial charge in [-0.3, -0.25) is 9.59 Å². The van der Waals surface area contributed by atoms with Gasteiger partial charge in [-0.1, -0.05) is 11.8 Å². The van der Waals surface area contributed by atoms with Gasteiger partial charge < -0.3 is 10.3 Å². The maximum atomic E-state index is 13.9. The largest absolute Gasteiger partial charge is 0.370 e. The van der Waals surface area contributed by atoms with Crippen LogP contribution in [0.1, 0.15) is 48.3 Å². The van der Waals surface area contributed by atoms with Crippen molar-refractivity contribution in [1.29, 1.82) is 0 Å². The van der Waals surface area contributed by atoms with Crippen LogP contribution in [0, 0.1) is 11.6 Å². The summed E-state index contributed by atoms with van der Waals surface area (Å²) in [7, 11) is 0. The molecule has 1 aliphatic rings. The molecule has 1 atom stereocenters. The first-order valence-corrected chi connectivity index (χ1v) is 9.12. The van der Waals surface area contributed by atoms with E-state index in [9.17, 15) is 18.4 Å². The average molecular weight is 380 g/mol. The number of carbonyl (C=O) groups excluding carboxylic acids is 2. The number of halogens is 2.